The summed E-state index contributed by atoms with van der Waals surface area (Å²) in [4.78, 5) is 3.90. The molecule has 0 aliphatic carbocycles. The Morgan fingerprint density at radius 1 is 1.60 bits per heavy atom. The van der Waals surface area contributed by atoms with E-state index in [1.807, 2.05) is 0 Å². The van der Waals surface area contributed by atoms with E-state index in [1.54, 1.807) is 0 Å². The lowest BCUT2D eigenvalue weighted by molar-refractivity contribution is -0.145. The summed E-state index contributed by atoms with van der Waals surface area (Å²) in [6.45, 7) is 1.07. The van der Waals surface area contributed by atoms with Gasteiger partial charge in [-0.05, 0) is 22.9 Å². The van der Waals surface area contributed by atoms with E-state index in [1.165, 1.54) is 0 Å². The minimum absolute atomic E-state index is 0.00123. The van der Waals surface area contributed by atoms with Gasteiger partial charge in [0.15, 0.2) is 5.01 Å². The number of thiazole rings is 1. The van der Waals surface area contributed by atoms with Crippen molar-refractivity contribution in [2.24, 2.45) is 5.73 Å². The molecule has 1 aromatic heterocycles. The standard InChI is InChI=1S/C7H6BrF3N2S2/c1-2(7(9,10)11)3-4(8)13-6(15-3)5(12)14/h2H,1H3,(H2,12,14)/t2-/m1/s1. The number of nitrogens with two attached hydrogens (primary N) is 1. The topological polar surface area (TPSA) is 38.9 Å². The molecule has 0 radical (unpaired) electrons. The van der Waals surface area contributed by atoms with Gasteiger partial charge in [-0.1, -0.05) is 12.2 Å². The highest BCUT2D eigenvalue weighted by Gasteiger charge is 2.39. The highest BCUT2D eigenvalue weighted by molar-refractivity contribution is 9.10. The molecule has 15 heavy (non-hydrogen) atoms. The van der Waals surface area contributed by atoms with Crippen LogP contribution in [0, 0.1) is 0 Å². The van der Waals surface area contributed by atoms with Gasteiger partial charge >= 0.3 is 6.18 Å². The van der Waals surface area contributed by atoms with Gasteiger partial charge < -0.3 is 5.73 Å². The maximum absolute atomic E-state index is 12.4. The number of halogens is 4. The van der Waals surface area contributed by atoms with E-state index in [2.05, 4.69) is 33.1 Å². The van der Waals surface area contributed by atoms with Crippen molar-refractivity contribution >= 4 is 44.5 Å². The molecule has 0 saturated carbocycles. The van der Waals surface area contributed by atoms with Crippen molar-refractivity contribution in [1.29, 1.82) is 0 Å². The molecule has 2 N–H and O–H groups in total. The molecule has 0 amide bonds. The van der Waals surface area contributed by atoms with Crippen LogP contribution in [0.25, 0.3) is 0 Å². The van der Waals surface area contributed by atoms with E-state index in [9.17, 15) is 13.2 Å². The summed E-state index contributed by atoms with van der Waals surface area (Å²) < 4.78 is 37.4. The van der Waals surface area contributed by atoms with E-state index in [-0.39, 0.29) is 19.5 Å². The number of aromatic nitrogens is 1. The van der Waals surface area contributed by atoms with E-state index in [0.29, 0.717) is 0 Å². The SMILES string of the molecule is C[C@H](c1sc(C(N)=S)nc1Br)C(F)(F)F. The average molecular weight is 319 g/mol. The van der Waals surface area contributed by atoms with Crippen LogP contribution in [0.5, 0.6) is 0 Å². The molecule has 0 aliphatic rings. The van der Waals surface area contributed by atoms with Crippen LogP contribution >= 0.6 is 39.5 Å². The lowest BCUT2D eigenvalue weighted by atomic mass is 10.1. The number of hydrogen-bond acceptors (Lipinski definition) is 3. The summed E-state index contributed by atoms with van der Waals surface area (Å²) in [5.74, 6) is -1.58. The zero-order valence-electron chi connectivity index (χ0n) is 7.43. The zero-order chi connectivity index (χ0) is 11.8. The van der Waals surface area contributed by atoms with Crippen molar-refractivity contribution in [1.82, 2.24) is 4.98 Å². The summed E-state index contributed by atoms with van der Waals surface area (Å²) >= 11 is 8.46. The predicted molar refractivity (Wildman–Crippen MR) is 60.2 cm³/mol. The summed E-state index contributed by atoms with van der Waals surface area (Å²) in [6.07, 6.45) is -4.29. The van der Waals surface area contributed by atoms with Crippen LogP contribution in [0.1, 0.15) is 22.7 Å². The summed E-state index contributed by atoms with van der Waals surface area (Å²) in [7, 11) is 0. The maximum atomic E-state index is 12.4. The lowest BCUT2D eigenvalue weighted by Gasteiger charge is -2.13. The van der Waals surface area contributed by atoms with Gasteiger partial charge in [0.25, 0.3) is 0 Å². The Labute approximate surface area is 102 Å². The highest BCUT2D eigenvalue weighted by atomic mass is 79.9. The molecule has 0 spiro atoms. The molecule has 0 saturated heterocycles. The number of hydrogen-bond donors (Lipinski definition) is 1. The molecule has 1 heterocycles. The molecule has 0 unspecified atom stereocenters. The fraction of sp³-hybridized carbons (Fsp3) is 0.429. The maximum Gasteiger partial charge on any atom is 0.396 e. The van der Waals surface area contributed by atoms with E-state index in [0.717, 1.165) is 18.3 Å². The Hall–Kier alpha value is -0.210. The molecule has 0 aromatic carbocycles. The second kappa shape index (κ2) is 4.34. The van der Waals surface area contributed by atoms with Crippen LogP contribution in [-0.2, 0) is 0 Å². The molecule has 2 nitrogen and oxygen atoms in total. The van der Waals surface area contributed by atoms with Crippen molar-refractivity contribution in [2.45, 2.75) is 19.0 Å². The summed E-state index contributed by atoms with van der Waals surface area (Å²) in [5.41, 5.74) is 5.28. The van der Waals surface area contributed by atoms with Gasteiger partial charge in [0.05, 0.1) is 10.8 Å². The van der Waals surface area contributed by atoms with Crippen LogP contribution in [0.3, 0.4) is 0 Å². The first-order valence-electron chi connectivity index (χ1n) is 3.76. The van der Waals surface area contributed by atoms with Crippen molar-refractivity contribution in [3.8, 4) is 0 Å². The molecular weight excluding hydrogens is 313 g/mol. The normalized spacial score (nSPS) is 13.9. The third kappa shape index (κ3) is 2.88. The van der Waals surface area contributed by atoms with Crippen molar-refractivity contribution in [3.63, 3.8) is 0 Å². The molecule has 8 heteroatoms. The molecule has 0 bridgehead atoms. The Morgan fingerprint density at radius 2 is 2.13 bits per heavy atom. The Balaban J connectivity index is 3.10. The van der Waals surface area contributed by atoms with Crippen LogP contribution in [0.2, 0.25) is 0 Å². The zero-order valence-corrected chi connectivity index (χ0v) is 10.6. The summed E-state index contributed by atoms with van der Waals surface area (Å²) in [6, 6.07) is 0. The minimum atomic E-state index is -4.29. The Bertz CT molecular complexity index is 388. The fourth-order valence-electron chi connectivity index (χ4n) is 0.834. The largest absolute Gasteiger partial charge is 0.396 e. The number of rotatable bonds is 2. The second-order valence-electron chi connectivity index (χ2n) is 2.80. The van der Waals surface area contributed by atoms with Gasteiger partial charge in [0.1, 0.15) is 9.59 Å². The quantitative estimate of drug-likeness (QED) is 0.851. The molecule has 1 aromatic rings. The van der Waals surface area contributed by atoms with Gasteiger partial charge in [0, 0.05) is 0 Å². The predicted octanol–water partition coefficient (Wildman–Crippen LogP) is 3.21. The monoisotopic (exact) mass is 318 g/mol. The molecule has 1 atom stereocenters. The molecule has 1 rings (SSSR count). The average Bonchev–Trinajstić information content (AvgIpc) is 2.44. The first-order chi connectivity index (χ1) is 6.73. The minimum Gasteiger partial charge on any atom is -0.387 e. The first-order valence-corrected chi connectivity index (χ1v) is 5.78. The third-order valence-electron chi connectivity index (χ3n) is 1.70. The summed E-state index contributed by atoms with van der Waals surface area (Å²) in [5, 5.41) is 0.239. The second-order valence-corrected chi connectivity index (χ2v) is 5.02. The smallest absolute Gasteiger partial charge is 0.387 e. The van der Waals surface area contributed by atoms with E-state index >= 15 is 0 Å². The van der Waals surface area contributed by atoms with Gasteiger partial charge in [0.2, 0.25) is 0 Å². The van der Waals surface area contributed by atoms with Gasteiger partial charge in [-0.15, -0.1) is 11.3 Å². The number of thiocarbonyl (C=S) groups is 1. The van der Waals surface area contributed by atoms with Gasteiger partial charge in [-0.25, -0.2) is 4.98 Å². The molecular formula is C7H6BrF3N2S2. The lowest BCUT2D eigenvalue weighted by Crippen LogP contribution is -2.16. The van der Waals surface area contributed by atoms with Crippen LogP contribution < -0.4 is 5.73 Å². The molecule has 0 aliphatic heterocycles. The van der Waals surface area contributed by atoms with Crippen molar-refractivity contribution in [2.75, 3.05) is 0 Å². The van der Waals surface area contributed by atoms with E-state index < -0.39 is 12.1 Å². The fourth-order valence-corrected chi connectivity index (χ4v) is 2.77. The van der Waals surface area contributed by atoms with Gasteiger partial charge in [-0.3, -0.25) is 0 Å². The molecule has 0 fully saturated rings. The Kier molecular flexibility index (Phi) is 3.72. The first kappa shape index (κ1) is 12.9. The number of nitrogens with zero attached hydrogens (tertiary/aromatic N) is 1. The van der Waals surface area contributed by atoms with Crippen LogP contribution in [-0.4, -0.2) is 16.1 Å². The van der Waals surface area contributed by atoms with E-state index in [4.69, 9.17) is 5.73 Å². The van der Waals surface area contributed by atoms with Crippen LogP contribution in [0.4, 0.5) is 13.2 Å². The van der Waals surface area contributed by atoms with Crippen molar-refractivity contribution < 1.29 is 13.2 Å². The van der Waals surface area contributed by atoms with Gasteiger partial charge in [-0.2, -0.15) is 13.2 Å². The highest BCUT2D eigenvalue weighted by Crippen LogP contribution is 2.40. The van der Waals surface area contributed by atoms with Crippen LogP contribution in [0.15, 0.2) is 4.60 Å². The van der Waals surface area contributed by atoms with Crippen molar-refractivity contribution in [3.05, 3.63) is 14.5 Å². The number of alkyl halides is 3. The third-order valence-corrected chi connectivity index (χ3v) is 4.17. The molecule has 84 valence electrons. The Morgan fingerprint density at radius 3 is 2.47 bits per heavy atom.